The van der Waals surface area contributed by atoms with E-state index in [9.17, 15) is 0 Å². The van der Waals surface area contributed by atoms with Gasteiger partial charge in [-0.2, -0.15) is 0 Å². The number of ether oxygens (including phenoxy) is 2. The quantitative estimate of drug-likeness (QED) is 0.399. The summed E-state index contributed by atoms with van der Waals surface area (Å²) in [5, 5.41) is 7.54. The molecular weight excluding hydrogens is 441 g/mol. The third kappa shape index (κ3) is 5.21. The smallest absolute Gasteiger partial charge is 0.191 e. The molecule has 134 valence electrons. The fourth-order valence-electron chi connectivity index (χ4n) is 2.88. The van der Waals surface area contributed by atoms with Gasteiger partial charge < -0.3 is 20.1 Å². The molecule has 7 heteroatoms. The second-order valence-corrected chi connectivity index (χ2v) is 6.60. The maximum absolute atomic E-state index is 6.12. The van der Waals surface area contributed by atoms with E-state index >= 15 is 0 Å². The summed E-state index contributed by atoms with van der Waals surface area (Å²) >= 11 is 6.12. The van der Waals surface area contributed by atoms with Crippen molar-refractivity contribution in [3.8, 4) is 0 Å². The molecule has 1 unspecified atom stereocenters. The van der Waals surface area contributed by atoms with Crippen LogP contribution in [0.1, 0.15) is 18.4 Å². The predicted octanol–water partition coefficient (Wildman–Crippen LogP) is 2.57. The van der Waals surface area contributed by atoms with Crippen LogP contribution in [-0.4, -0.2) is 52.0 Å². The molecule has 2 aliphatic rings. The molecule has 1 aromatic rings. The van der Waals surface area contributed by atoms with Gasteiger partial charge in [0, 0.05) is 30.6 Å². The van der Waals surface area contributed by atoms with Gasteiger partial charge >= 0.3 is 0 Å². The third-order valence-electron chi connectivity index (χ3n) is 4.49. The third-order valence-corrected chi connectivity index (χ3v) is 4.73. The van der Waals surface area contributed by atoms with Crippen LogP contribution >= 0.6 is 35.6 Å². The first-order valence-electron chi connectivity index (χ1n) is 8.12. The number of benzene rings is 1. The van der Waals surface area contributed by atoms with Crippen molar-refractivity contribution in [2.75, 3.05) is 40.0 Å². The van der Waals surface area contributed by atoms with Crippen LogP contribution in [0.25, 0.3) is 0 Å². The summed E-state index contributed by atoms with van der Waals surface area (Å²) in [6.45, 7) is 3.54. The molecule has 24 heavy (non-hydrogen) atoms. The van der Waals surface area contributed by atoms with Gasteiger partial charge in [0.1, 0.15) is 0 Å². The lowest BCUT2D eigenvalue weighted by Crippen LogP contribution is -2.46. The van der Waals surface area contributed by atoms with Gasteiger partial charge in [-0.3, -0.25) is 4.99 Å². The highest BCUT2D eigenvalue weighted by atomic mass is 127. The van der Waals surface area contributed by atoms with Crippen LogP contribution in [0.15, 0.2) is 29.3 Å². The predicted molar refractivity (Wildman–Crippen MR) is 108 cm³/mol. The molecule has 0 radical (unpaired) electrons. The highest BCUT2D eigenvalue weighted by Gasteiger charge is 2.44. The van der Waals surface area contributed by atoms with Gasteiger partial charge in [0.2, 0.25) is 0 Å². The average molecular weight is 466 g/mol. The van der Waals surface area contributed by atoms with Crippen molar-refractivity contribution < 1.29 is 9.47 Å². The Hall–Kier alpha value is -0.570. The Morgan fingerprint density at radius 2 is 2.17 bits per heavy atom. The Morgan fingerprint density at radius 1 is 1.33 bits per heavy atom. The van der Waals surface area contributed by atoms with Gasteiger partial charge in [0.25, 0.3) is 0 Å². The van der Waals surface area contributed by atoms with Gasteiger partial charge in [-0.15, -0.1) is 24.0 Å². The van der Waals surface area contributed by atoms with Crippen LogP contribution in [0.5, 0.6) is 0 Å². The Kier molecular flexibility index (Phi) is 7.59. The summed E-state index contributed by atoms with van der Waals surface area (Å²) < 4.78 is 11.0. The number of aliphatic imine (C=N–C) groups is 1. The number of nitrogens with one attached hydrogen (secondary N) is 2. The summed E-state index contributed by atoms with van der Waals surface area (Å²) in [6.07, 6.45) is 2.44. The van der Waals surface area contributed by atoms with E-state index in [2.05, 4.69) is 27.8 Å². The van der Waals surface area contributed by atoms with Crippen LogP contribution in [0.3, 0.4) is 0 Å². The van der Waals surface area contributed by atoms with Crippen LogP contribution < -0.4 is 10.6 Å². The Bertz CT molecular complexity index is 561. The van der Waals surface area contributed by atoms with Gasteiger partial charge in [0.15, 0.2) is 5.96 Å². The van der Waals surface area contributed by atoms with Crippen molar-refractivity contribution in [1.82, 2.24) is 10.6 Å². The van der Waals surface area contributed by atoms with Crippen molar-refractivity contribution in [2.24, 2.45) is 4.99 Å². The number of rotatable bonds is 5. The zero-order valence-electron chi connectivity index (χ0n) is 13.9. The molecule has 1 aromatic carbocycles. The van der Waals surface area contributed by atoms with E-state index in [4.69, 9.17) is 21.1 Å². The van der Waals surface area contributed by atoms with Gasteiger partial charge in [-0.1, -0.05) is 23.7 Å². The zero-order valence-corrected chi connectivity index (χ0v) is 17.0. The lowest BCUT2D eigenvalue weighted by atomic mass is 9.96. The van der Waals surface area contributed by atoms with E-state index in [1.807, 2.05) is 12.1 Å². The average Bonchev–Trinajstić information content (AvgIpc) is 3.37. The van der Waals surface area contributed by atoms with E-state index in [-0.39, 0.29) is 35.5 Å². The van der Waals surface area contributed by atoms with Crippen molar-refractivity contribution in [2.45, 2.75) is 24.4 Å². The molecule has 5 nitrogen and oxygen atoms in total. The van der Waals surface area contributed by atoms with Crippen molar-refractivity contribution in [3.63, 3.8) is 0 Å². The maximum Gasteiger partial charge on any atom is 0.191 e. The van der Waals surface area contributed by atoms with Crippen LogP contribution in [0.2, 0.25) is 5.02 Å². The summed E-state index contributed by atoms with van der Waals surface area (Å²) in [7, 11) is 1.78. The highest BCUT2D eigenvalue weighted by Crippen LogP contribution is 2.48. The molecule has 0 bridgehead atoms. The van der Waals surface area contributed by atoms with E-state index < -0.39 is 0 Å². The number of halogens is 2. The fourth-order valence-corrected chi connectivity index (χ4v) is 3.07. The molecule has 2 fully saturated rings. The number of hydrogen-bond acceptors (Lipinski definition) is 3. The Balaban J connectivity index is 0.00000208. The summed E-state index contributed by atoms with van der Waals surface area (Å²) in [5.41, 5.74) is 1.49. The lowest BCUT2D eigenvalue weighted by Gasteiger charge is -2.24. The minimum absolute atomic E-state index is 0. The molecule has 1 saturated carbocycles. The van der Waals surface area contributed by atoms with E-state index in [0.29, 0.717) is 26.4 Å². The van der Waals surface area contributed by atoms with Crippen molar-refractivity contribution in [3.05, 3.63) is 34.9 Å². The normalized spacial score (nSPS) is 22.4. The minimum Gasteiger partial charge on any atom is -0.376 e. The minimum atomic E-state index is 0. The van der Waals surface area contributed by atoms with E-state index in [0.717, 1.165) is 17.5 Å². The maximum atomic E-state index is 6.12. The fraction of sp³-hybridized carbons (Fsp3) is 0.588. The second-order valence-electron chi connectivity index (χ2n) is 6.17. The summed E-state index contributed by atoms with van der Waals surface area (Å²) in [5.74, 6) is 0.799. The van der Waals surface area contributed by atoms with Crippen LogP contribution in [0.4, 0.5) is 0 Å². The first-order valence-corrected chi connectivity index (χ1v) is 8.50. The SMILES string of the molecule is CN=C(NCC1COCCO1)NCC1(c2cccc(Cl)c2)CC1.I. The lowest BCUT2D eigenvalue weighted by molar-refractivity contribution is -0.0850. The second kappa shape index (κ2) is 9.22. The standard InChI is InChI=1S/C17H24ClN3O2.HI/c1-19-16(20-10-15-11-22-7-8-23-15)21-12-17(5-6-17)13-3-2-4-14(18)9-13;/h2-4,9,15H,5-8,10-12H2,1H3,(H2,19,20,21);1H. The summed E-state index contributed by atoms with van der Waals surface area (Å²) in [6, 6.07) is 8.16. The van der Waals surface area contributed by atoms with Gasteiger partial charge in [0.05, 0.1) is 25.9 Å². The van der Waals surface area contributed by atoms with Gasteiger partial charge in [-0.25, -0.2) is 0 Å². The number of nitrogens with zero attached hydrogens (tertiary/aromatic N) is 1. The molecule has 1 aliphatic heterocycles. The molecule has 1 heterocycles. The zero-order chi connectivity index (χ0) is 16.1. The molecule has 0 aromatic heterocycles. The Labute approximate surface area is 165 Å². The topological polar surface area (TPSA) is 54.9 Å². The van der Waals surface area contributed by atoms with E-state index in [1.165, 1.54) is 18.4 Å². The molecular formula is C17H25ClIN3O2. The van der Waals surface area contributed by atoms with Gasteiger partial charge in [-0.05, 0) is 30.5 Å². The monoisotopic (exact) mass is 465 g/mol. The largest absolute Gasteiger partial charge is 0.376 e. The molecule has 2 N–H and O–H groups in total. The van der Waals surface area contributed by atoms with Crippen LogP contribution in [-0.2, 0) is 14.9 Å². The van der Waals surface area contributed by atoms with Crippen LogP contribution in [0, 0.1) is 0 Å². The summed E-state index contributed by atoms with van der Waals surface area (Å²) in [4.78, 5) is 4.29. The molecule has 1 atom stereocenters. The molecule has 0 spiro atoms. The molecule has 1 saturated heterocycles. The van der Waals surface area contributed by atoms with E-state index in [1.54, 1.807) is 7.05 Å². The Morgan fingerprint density at radius 3 is 2.79 bits per heavy atom. The first kappa shape index (κ1) is 19.8. The number of guanidine groups is 1. The molecule has 0 amide bonds. The molecule has 1 aliphatic carbocycles. The highest BCUT2D eigenvalue weighted by molar-refractivity contribution is 14.0. The first-order chi connectivity index (χ1) is 11.2. The number of hydrogen-bond donors (Lipinski definition) is 2. The van der Waals surface area contributed by atoms with Crippen molar-refractivity contribution >= 4 is 41.5 Å². The van der Waals surface area contributed by atoms with Crippen molar-refractivity contribution in [1.29, 1.82) is 0 Å². The molecule has 3 rings (SSSR count).